The van der Waals surface area contributed by atoms with Gasteiger partial charge < -0.3 is 4.42 Å². The van der Waals surface area contributed by atoms with Gasteiger partial charge in [-0.25, -0.2) is 5.01 Å². The van der Waals surface area contributed by atoms with Crippen LogP contribution in [-0.2, 0) is 0 Å². The monoisotopic (exact) mass is 320 g/mol. The Morgan fingerprint density at radius 1 is 1.18 bits per heavy atom. The number of rotatable bonds is 3. The van der Waals surface area contributed by atoms with Gasteiger partial charge in [0.2, 0.25) is 0 Å². The summed E-state index contributed by atoms with van der Waals surface area (Å²) < 4.78 is 5.11. The maximum atomic E-state index is 12.5. The van der Waals surface area contributed by atoms with E-state index in [2.05, 4.69) is 5.43 Å². The van der Waals surface area contributed by atoms with Crippen molar-refractivity contribution < 1.29 is 14.0 Å². The molecule has 5 nitrogen and oxygen atoms in total. The molecule has 1 N–H and O–H groups in total. The fourth-order valence-corrected chi connectivity index (χ4v) is 2.06. The molecule has 0 bridgehead atoms. The van der Waals surface area contributed by atoms with Crippen LogP contribution in [-0.4, -0.2) is 22.9 Å². The van der Waals surface area contributed by atoms with E-state index in [0.717, 1.165) is 0 Å². The summed E-state index contributed by atoms with van der Waals surface area (Å²) in [5, 5.41) is 1.84. The van der Waals surface area contributed by atoms with Gasteiger partial charge in [-0.3, -0.25) is 15.0 Å². The normalized spacial score (nSPS) is 10.6. The SMILES string of the molecule is Cc1occc1C(=O)NN(C(=O)c1ccc(Cl)cc1)C(C)C. The van der Waals surface area contributed by atoms with Crippen molar-refractivity contribution in [3.63, 3.8) is 0 Å². The minimum atomic E-state index is -0.387. The molecule has 116 valence electrons. The zero-order valence-corrected chi connectivity index (χ0v) is 13.3. The first-order valence-corrected chi connectivity index (χ1v) is 7.22. The van der Waals surface area contributed by atoms with Crippen LogP contribution in [0.1, 0.15) is 40.3 Å². The number of nitrogens with one attached hydrogen (secondary N) is 1. The first-order valence-electron chi connectivity index (χ1n) is 6.84. The Morgan fingerprint density at radius 2 is 1.82 bits per heavy atom. The Bertz CT molecular complexity index is 677. The average Bonchev–Trinajstić information content (AvgIpc) is 2.90. The van der Waals surface area contributed by atoms with Crippen LogP contribution < -0.4 is 5.43 Å². The molecule has 0 aliphatic carbocycles. The van der Waals surface area contributed by atoms with E-state index in [0.29, 0.717) is 21.9 Å². The fraction of sp³-hybridized carbons (Fsp3) is 0.250. The summed E-state index contributed by atoms with van der Waals surface area (Å²) in [6.45, 7) is 5.32. The molecule has 0 aliphatic heterocycles. The molecule has 1 aromatic carbocycles. The Hall–Kier alpha value is -2.27. The van der Waals surface area contributed by atoms with Crippen LogP contribution in [0.4, 0.5) is 0 Å². The summed E-state index contributed by atoms with van der Waals surface area (Å²) in [6.07, 6.45) is 1.44. The summed E-state index contributed by atoms with van der Waals surface area (Å²) in [5.74, 6) is -0.191. The molecule has 22 heavy (non-hydrogen) atoms. The summed E-state index contributed by atoms with van der Waals surface area (Å²) in [5.41, 5.74) is 3.47. The molecule has 0 fully saturated rings. The number of hydrazine groups is 1. The van der Waals surface area contributed by atoms with Crippen molar-refractivity contribution in [2.45, 2.75) is 26.8 Å². The average molecular weight is 321 g/mol. The first kappa shape index (κ1) is 16.1. The maximum absolute atomic E-state index is 12.5. The van der Waals surface area contributed by atoms with E-state index in [1.165, 1.54) is 11.3 Å². The van der Waals surface area contributed by atoms with Crippen LogP contribution in [0.2, 0.25) is 5.02 Å². The molecular formula is C16H17ClN2O3. The summed E-state index contributed by atoms with van der Waals surface area (Å²) in [7, 11) is 0. The third kappa shape index (κ3) is 3.49. The molecule has 0 radical (unpaired) electrons. The van der Waals surface area contributed by atoms with Gasteiger partial charge in [0, 0.05) is 16.6 Å². The second kappa shape index (κ2) is 6.66. The van der Waals surface area contributed by atoms with Crippen molar-refractivity contribution in [1.29, 1.82) is 0 Å². The van der Waals surface area contributed by atoms with E-state index in [4.69, 9.17) is 16.0 Å². The van der Waals surface area contributed by atoms with Crippen molar-refractivity contribution in [1.82, 2.24) is 10.4 Å². The van der Waals surface area contributed by atoms with Crippen molar-refractivity contribution in [2.75, 3.05) is 0 Å². The van der Waals surface area contributed by atoms with E-state index in [9.17, 15) is 9.59 Å². The molecule has 2 rings (SSSR count). The molecule has 1 heterocycles. The quantitative estimate of drug-likeness (QED) is 0.881. The zero-order valence-electron chi connectivity index (χ0n) is 12.6. The first-order chi connectivity index (χ1) is 10.4. The van der Waals surface area contributed by atoms with Gasteiger partial charge >= 0.3 is 0 Å². The number of nitrogens with zero attached hydrogens (tertiary/aromatic N) is 1. The van der Waals surface area contributed by atoms with E-state index < -0.39 is 0 Å². The molecule has 0 saturated heterocycles. The smallest absolute Gasteiger partial charge is 0.273 e. The van der Waals surface area contributed by atoms with Crippen LogP contribution in [0.15, 0.2) is 41.0 Å². The van der Waals surface area contributed by atoms with Gasteiger partial charge in [-0.1, -0.05) is 11.6 Å². The third-order valence-corrected chi connectivity index (χ3v) is 3.40. The number of hydrogen-bond acceptors (Lipinski definition) is 3. The Kier molecular flexibility index (Phi) is 4.88. The van der Waals surface area contributed by atoms with Crippen LogP contribution in [0.5, 0.6) is 0 Å². The number of carbonyl (C=O) groups is 2. The van der Waals surface area contributed by atoms with Crippen molar-refractivity contribution in [3.05, 3.63) is 58.5 Å². The van der Waals surface area contributed by atoms with Crippen molar-refractivity contribution in [2.24, 2.45) is 0 Å². The Morgan fingerprint density at radius 3 is 2.32 bits per heavy atom. The van der Waals surface area contributed by atoms with E-state index in [-0.39, 0.29) is 17.9 Å². The number of hydrogen-bond donors (Lipinski definition) is 1. The van der Waals surface area contributed by atoms with Gasteiger partial charge in [0.05, 0.1) is 11.8 Å². The fourth-order valence-electron chi connectivity index (χ4n) is 1.94. The maximum Gasteiger partial charge on any atom is 0.273 e. The molecule has 6 heteroatoms. The highest BCUT2D eigenvalue weighted by atomic mass is 35.5. The summed E-state index contributed by atoms with van der Waals surface area (Å²) in [4.78, 5) is 24.8. The minimum absolute atomic E-state index is 0.209. The number of amides is 2. The molecule has 0 spiro atoms. The molecular weight excluding hydrogens is 304 g/mol. The van der Waals surface area contributed by atoms with E-state index >= 15 is 0 Å². The topological polar surface area (TPSA) is 62.6 Å². The number of carbonyl (C=O) groups excluding carboxylic acids is 2. The lowest BCUT2D eigenvalue weighted by molar-refractivity contribution is 0.0515. The molecule has 0 atom stereocenters. The number of halogens is 1. The van der Waals surface area contributed by atoms with Crippen molar-refractivity contribution in [3.8, 4) is 0 Å². The largest absolute Gasteiger partial charge is 0.469 e. The Balaban J connectivity index is 2.20. The zero-order chi connectivity index (χ0) is 16.3. The lowest BCUT2D eigenvalue weighted by atomic mass is 10.2. The van der Waals surface area contributed by atoms with Crippen LogP contribution in [0, 0.1) is 6.92 Å². The van der Waals surface area contributed by atoms with E-state index in [1.54, 1.807) is 37.3 Å². The lowest BCUT2D eigenvalue weighted by Gasteiger charge is -2.27. The number of aryl methyl sites for hydroxylation is 1. The van der Waals surface area contributed by atoms with Gasteiger partial charge in [0.1, 0.15) is 5.76 Å². The molecule has 1 aromatic heterocycles. The van der Waals surface area contributed by atoms with Gasteiger partial charge in [-0.2, -0.15) is 0 Å². The standard InChI is InChI=1S/C16H17ClN2O3/c1-10(2)19(16(21)12-4-6-13(17)7-5-12)18-15(20)14-8-9-22-11(14)3/h4-10H,1-3H3,(H,18,20). The van der Waals surface area contributed by atoms with E-state index in [1.807, 2.05) is 13.8 Å². The highest BCUT2D eigenvalue weighted by molar-refractivity contribution is 6.30. The summed E-state index contributed by atoms with van der Waals surface area (Å²) in [6, 6.07) is 7.87. The lowest BCUT2D eigenvalue weighted by Crippen LogP contribution is -2.50. The summed E-state index contributed by atoms with van der Waals surface area (Å²) >= 11 is 5.82. The molecule has 0 unspecified atom stereocenters. The predicted molar refractivity (Wildman–Crippen MR) is 83.7 cm³/mol. The number of benzene rings is 1. The van der Waals surface area contributed by atoms with Gasteiger partial charge in [-0.05, 0) is 51.1 Å². The van der Waals surface area contributed by atoms with Gasteiger partial charge in [0.15, 0.2) is 0 Å². The van der Waals surface area contributed by atoms with Crippen LogP contribution in [0.3, 0.4) is 0 Å². The van der Waals surface area contributed by atoms with Crippen LogP contribution >= 0.6 is 11.6 Å². The second-order valence-corrected chi connectivity index (χ2v) is 5.54. The van der Waals surface area contributed by atoms with Gasteiger partial charge in [0.25, 0.3) is 11.8 Å². The number of furan rings is 1. The highest BCUT2D eigenvalue weighted by Gasteiger charge is 2.23. The Labute approximate surface area is 133 Å². The minimum Gasteiger partial charge on any atom is -0.469 e. The van der Waals surface area contributed by atoms with Crippen molar-refractivity contribution >= 4 is 23.4 Å². The van der Waals surface area contributed by atoms with Crippen LogP contribution in [0.25, 0.3) is 0 Å². The molecule has 2 amide bonds. The molecule has 0 aliphatic rings. The van der Waals surface area contributed by atoms with Gasteiger partial charge in [-0.15, -0.1) is 0 Å². The second-order valence-electron chi connectivity index (χ2n) is 5.11. The third-order valence-electron chi connectivity index (χ3n) is 3.15. The molecule has 0 saturated carbocycles. The highest BCUT2D eigenvalue weighted by Crippen LogP contribution is 2.13. The predicted octanol–water partition coefficient (Wildman–Crippen LogP) is 3.44. The molecule has 2 aromatic rings.